The molecule has 23 heavy (non-hydrogen) atoms. The Labute approximate surface area is 137 Å². The van der Waals surface area contributed by atoms with Gasteiger partial charge in [0, 0.05) is 13.0 Å². The molecule has 1 atom stereocenters. The number of piperidine rings is 1. The summed E-state index contributed by atoms with van der Waals surface area (Å²) in [5.41, 5.74) is 2.40. The minimum absolute atomic E-state index is 0.0826. The zero-order valence-corrected chi connectivity index (χ0v) is 13.9. The van der Waals surface area contributed by atoms with Crippen LogP contribution in [0.25, 0.3) is 0 Å². The molecule has 1 unspecified atom stereocenters. The van der Waals surface area contributed by atoms with Crippen LogP contribution in [0.4, 0.5) is 0 Å². The average molecular weight is 319 g/mol. The molecule has 5 nitrogen and oxygen atoms in total. The Morgan fingerprint density at radius 3 is 2.74 bits per heavy atom. The molecule has 126 valence electrons. The van der Waals surface area contributed by atoms with Crippen molar-refractivity contribution in [3.63, 3.8) is 0 Å². The molecule has 1 N–H and O–H groups in total. The highest BCUT2D eigenvalue weighted by Gasteiger charge is 2.31. The van der Waals surface area contributed by atoms with Crippen LogP contribution in [-0.4, -0.2) is 41.1 Å². The van der Waals surface area contributed by atoms with Crippen LogP contribution in [0.15, 0.2) is 18.2 Å². The molecule has 1 amide bonds. The number of aryl methyl sites for hydroxylation is 2. The Morgan fingerprint density at radius 2 is 2.04 bits per heavy atom. The van der Waals surface area contributed by atoms with Gasteiger partial charge in [-0.1, -0.05) is 6.07 Å². The fraction of sp³-hybridized carbons (Fsp3) is 0.556. The van der Waals surface area contributed by atoms with Crippen molar-refractivity contribution in [1.29, 1.82) is 0 Å². The first-order chi connectivity index (χ1) is 11.0. The fourth-order valence-corrected chi connectivity index (χ4v) is 2.85. The molecule has 5 heteroatoms. The summed E-state index contributed by atoms with van der Waals surface area (Å²) < 4.78 is 5.67. The van der Waals surface area contributed by atoms with Crippen molar-refractivity contribution in [3.05, 3.63) is 29.3 Å². The molecule has 1 heterocycles. The predicted molar refractivity (Wildman–Crippen MR) is 87.6 cm³/mol. The first-order valence-corrected chi connectivity index (χ1v) is 8.21. The number of carbonyl (C=O) groups is 2. The van der Waals surface area contributed by atoms with Gasteiger partial charge in [-0.25, -0.2) is 4.79 Å². The van der Waals surface area contributed by atoms with Crippen LogP contribution in [-0.2, 0) is 9.59 Å². The lowest BCUT2D eigenvalue weighted by Gasteiger charge is -2.33. The van der Waals surface area contributed by atoms with Crippen molar-refractivity contribution in [1.82, 2.24) is 4.90 Å². The molecule has 2 rings (SSSR count). The number of rotatable bonds is 6. The number of hydrogen-bond acceptors (Lipinski definition) is 3. The summed E-state index contributed by atoms with van der Waals surface area (Å²) in [5, 5.41) is 9.21. The average Bonchev–Trinajstić information content (AvgIpc) is 2.54. The molecule has 0 aliphatic carbocycles. The molecular formula is C18H25NO4. The molecule has 1 aliphatic rings. The zero-order chi connectivity index (χ0) is 16.8. The van der Waals surface area contributed by atoms with Gasteiger partial charge < -0.3 is 14.7 Å². The highest BCUT2D eigenvalue weighted by molar-refractivity contribution is 5.83. The van der Waals surface area contributed by atoms with Crippen LogP contribution < -0.4 is 4.74 Å². The van der Waals surface area contributed by atoms with Crippen molar-refractivity contribution < 1.29 is 19.4 Å². The lowest BCUT2D eigenvalue weighted by molar-refractivity contribution is -0.152. The van der Waals surface area contributed by atoms with Crippen LogP contribution in [0.2, 0.25) is 0 Å². The largest absolute Gasteiger partial charge is 0.494 e. The number of likely N-dealkylation sites (tertiary alicyclic amines) is 1. The molecule has 0 bridgehead atoms. The van der Waals surface area contributed by atoms with Crippen LogP contribution in [0.5, 0.6) is 5.75 Å². The molecule has 1 fully saturated rings. The Morgan fingerprint density at radius 1 is 1.26 bits per heavy atom. The van der Waals surface area contributed by atoms with Crippen LogP contribution in [0.3, 0.4) is 0 Å². The molecular weight excluding hydrogens is 294 g/mol. The van der Waals surface area contributed by atoms with Gasteiger partial charge in [0.05, 0.1) is 6.61 Å². The van der Waals surface area contributed by atoms with E-state index in [1.165, 1.54) is 16.0 Å². The van der Waals surface area contributed by atoms with Gasteiger partial charge in [-0.05, 0) is 62.8 Å². The minimum atomic E-state index is -0.899. The van der Waals surface area contributed by atoms with Crippen molar-refractivity contribution in [2.75, 3.05) is 13.2 Å². The molecule has 0 saturated carbocycles. The minimum Gasteiger partial charge on any atom is -0.494 e. The van der Waals surface area contributed by atoms with Crippen molar-refractivity contribution in [2.24, 2.45) is 0 Å². The van der Waals surface area contributed by atoms with E-state index in [0.29, 0.717) is 32.4 Å². The Hall–Kier alpha value is -2.04. The highest BCUT2D eigenvalue weighted by Crippen LogP contribution is 2.19. The van der Waals surface area contributed by atoms with Gasteiger partial charge in [0.1, 0.15) is 11.8 Å². The number of amides is 1. The third-order valence-electron chi connectivity index (χ3n) is 4.39. The van der Waals surface area contributed by atoms with Gasteiger partial charge in [-0.15, -0.1) is 0 Å². The van der Waals surface area contributed by atoms with Gasteiger partial charge in [0.2, 0.25) is 5.91 Å². The third-order valence-corrected chi connectivity index (χ3v) is 4.39. The maximum atomic E-state index is 12.2. The first kappa shape index (κ1) is 17.3. The number of carboxylic acid groups (broad SMARTS) is 1. The Kier molecular flexibility index (Phi) is 6.02. The standard InChI is InChI=1S/C18H25NO4/c1-13-8-9-15(12-14(13)2)23-11-5-7-17(20)19-10-4-3-6-16(19)18(21)22/h8-9,12,16H,3-7,10-11H2,1-2H3,(H,21,22). The van der Waals surface area contributed by atoms with E-state index in [9.17, 15) is 14.7 Å². The quantitative estimate of drug-likeness (QED) is 0.819. The smallest absolute Gasteiger partial charge is 0.326 e. The second-order valence-electron chi connectivity index (χ2n) is 6.14. The van der Waals surface area contributed by atoms with Crippen LogP contribution in [0.1, 0.15) is 43.2 Å². The molecule has 1 aromatic carbocycles. The highest BCUT2D eigenvalue weighted by atomic mass is 16.5. The molecule has 0 aromatic heterocycles. The number of nitrogens with zero attached hydrogens (tertiary/aromatic N) is 1. The predicted octanol–water partition coefficient (Wildman–Crippen LogP) is 2.93. The summed E-state index contributed by atoms with van der Waals surface area (Å²) >= 11 is 0. The normalized spacial score (nSPS) is 17.8. The topological polar surface area (TPSA) is 66.8 Å². The van der Waals surface area contributed by atoms with E-state index in [4.69, 9.17) is 4.74 Å². The summed E-state index contributed by atoms with van der Waals surface area (Å²) in [6, 6.07) is 5.27. The summed E-state index contributed by atoms with van der Waals surface area (Å²) in [7, 11) is 0. The van der Waals surface area contributed by atoms with E-state index in [1.807, 2.05) is 25.1 Å². The number of hydrogen-bond donors (Lipinski definition) is 1. The number of ether oxygens (including phenoxy) is 1. The molecule has 0 spiro atoms. The van der Waals surface area contributed by atoms with Crippen LogP contribution >= 0.6 is 0 Å². The SMILES string of the molecule is Cc1ccc(OCCCC(=O)N2CCCCC2C(=O)O)cc1C. The van der Waals surface area contributed by atoms with E-state index >= 15 is 0 Å². The summed E-state index contributed by atoms with van der Waals surface area (Å²) in [4.78, 5) is 25.0. The molecule has 1 aromatic rings. The summed E-state index contributed by atoms with van der Waals surface area (Å²) in [6.45, 7) is 5.09. The van der Waals surface area contributed by atoms with Gasteiger partial charge in [0.15, 0.2) is 0 Å². The lowest BCUT2D eigenvalue weighted by Crippen LogP contribution is -2.47. The lowest BCUT2D eigenvalue weighted by atomic mass is 10.0. The van der Waals surface area contributed by atoms with Gasteiger partial charge in [-0.2, -0.15) is 0 Å². The summed E-state index contributed by atoms with van der Waals surface area (Å²) in [6.07, 6.45) is 3.23. The Bertz CT molecular complexity index is 570. The van der Waals surface area contributed by atoms with E-state index in [0.717, 1.165) is 18.6 Å². The van der Waals surface area contributed by atoms with E-state index < -0.39 is 12.0 Å². The number of carbonyl (C=O) groups excluding carboxylic acids is 1. The van der Waals surface area contributed by atoms with E-state index in [-0.39, 0.29) is 5.91 Å². The second-order valence-corrected chi connectivity index (χ2v) is 6.14. The van der Waals surface area contributed by atoms with Crippen LogP contribution in [0, 0.1) is 13.8 Å². The van der Waals surface area contributed by atoms with E-state index in [2.05, 4.69) is 6.92 Å². The van der Waals surface area contributed by atoms with Crippen molar-refractivity contribution in [3.8, 4) is 5.75 Å². The van der Waals surface area contributed by atoms with Gasteiger partial charge >= 0.3 is 5.97 Å². The van der Waals surface area contributed by atoms with Crippen molar-refractivity contribution in [2.45, 2.75) is 52.0 Å². The fourth-order valence-electron chi connectivity index (χ4n) is 2.85. The van der Waals surface area contributed by atoms with Gasteiger partial charge in [0.25, 0.3) is 0 Å². The zero-order valence-electron chi connectivity index (χ0n) is 13.9. The number of carboxylic acids is 1. The maximum Gasteiger partial charge on any atom is 0.326 e. The Balaban J connectivity index is 1.77. The van der Waals surface area contributed by atoms with Gasteiger partial charge in [-0.3, -0.25) is 4.79 Å². The molecule has 1 aliphatic heterocycles. The molecule has 0 radical (unpaired) electrons. The summed E-state index contributed by atoms with van der Waals surface area (Å²) in [5.74, 6) is -0.174. The monoisotopic (exact) mass is 319 g/mol. The first-order valence-electron chi connectivity index (χ1n) is 8.21. The van der Waals surface area contributed by atoms with Crippen molar-refractivity contribution >= 4 is 11.9 Å². The second kappa shape index (κ2) is 7.99. The molecule has 1 saturated heterocycles. The number of benzene rings is 1. The maximum absolute atomic E-state index is 12.2. The number of aliphatic carboxylic acids is 1. The third kappa shape index (κ3) is 4.71. The van der Waals surface area contributed by atoms with E-state index in [1.54, 1.807) is 0 Å².